The van der Waals surface area contributed by atoms with Gasteiger partial charge in [-0.1, -0.05) is 0 Å². The maximum Gasteiger partial charge on any atom is 0.317 e. The van der Waals surface area contributed by atoms with Crippen molar-refractivity contribution in [3.8, 4) is 11.5 Å². The molecular formula is C21H30N2O4. The summed E-state index contributed by atoms with van der Waals surface area (Å²) in [5.74, 6) is 1.54. The molecule has 0 saturated carbocycles. The molecule has 3 aliphatic rings. The second kappa shape index (κ2) is 6.89. The smallest absolute Gasteiger partial charge is 0.317 e. The highest BCUT2D eigenvalue weighted by Gasteiger charge is 2.40. The molecule has 2 saturated heterocycles. The summed E-state index contributed by atoms with van der Waals surface area (Å²) in [6.07, 6.45) is 4.88. The van der Waals surface area contributed by atoms with E-state index in [2.05, 4.69) is 19.2 Å². The quantitative estimate of drug-likeness (QED) is 0.858. The van der Waals surface area contributed by atoms with Crippen LogP contribution in [0.15, 0.2) is 18.2 Å². The van der Waals surface area contributed by atoms with E-state index < -0.39 is 0 Å². The third kappa shape index (κ3) is 3.72. The number of piperidine rings is 1. The highest BCUT2D eigenvalue weighted by molar-refractivity contribution is 5.75. The maximum absolute atomic E-state index is 12.9. The standard InChI is InChI=1S/C21H30N2O4/c1-20(2)14-17(16-6-5-15(25-3)13-18(16)27-20)22-19(24)23-10-8-21(9-11-23)7-4-12-26-21/h5-6,13,17H,4,7-12,14H2,1-3H3,(H,22,24)/t17-/m1/s1. The Morgan fingerprint density at radius 1 is 1.26 bits per heavy atom. The zero-order valence-electron chi connectivity index (χ0n) is 16.5. The number of urea groups is 1. The molecule has 2 amide bonds. The van der Waals surface area contributed by atoms with Crippen molar-refractivity contribution in [3.05, 3.63) is 23.8 Å². The number of carbonyl (C=O) groups is 1. The second-order valence-electron chi connectivity index (χ2n) is 8.59. The van der Waals surface area contributed by atoms with E-state index in [4.69, 9.17) is 14.2 Å². The lowest BCUT2D eigenvalue weighted by atomic mass is 9.88. The summed E-state index contributed by atoms with van der Waals surface area (Å²) in [5, 5.41) is 3.24. The normalized spacial score (nSPS) is 25.6. The van der Waals surface area contributed by atoms with Gasteiger partial charge in [0.1, 0.15) is 17.1 Å². The third-order valence-corrected chi connectivity index (χ3v) is 6.12. The molecule has 3 heterocycles. The minimum atomic E-state index is -0.346. The number of rotatable bonds is 2. The molecule has 27 heavy (non-hydrogen) atoms. The Balaban J connectivity index is 1.45. The van der Waals surface area contributed by atoms with E-state index in [1.165, 1.54) is 0 Å². The average Bonchev–Trinajstić information content (AvgIpc) is 3.08. The van der Waals surface area contributed by atoms with E-state index in [1.807, 2.05) is 23.1 Å². The maximum atomic E-state index is 12.9. The van der Waals surface area contributed by atoms with Gasteiger partial charge in [-0.25, -0.2) is 4.79 Å². The molecule has 0 aliphatic carbocycles. The minimum absolute atomic E-state index is 0.00677. The van der Waals surface area contributed by atoms with E-state index in [1.54, 1.807) is 7.11 Å². The fourth-order valence-electron chi connectivity index (χ4n) is 4.59. The van der Waals surface area contributed by atoms with Crippen molar-refractivity contribution in [2.45, 2.75) is 63.2 Å². The summed E-state index contributed by atoms with van der Waals surface area (Å²) in [5.41, 5.74) is 0.692. The number of likely N-dealkylation sites (tertiary alicyclic amines) is 1. The van der Waals surface area contributed by atoms with Gasteiger partial charge in [0.15, 0.2) is 0 Å². The van der Waals surface area contributed by atoms with Crippen molar-refractivity contribution in [3.63, 3.8) is 0 Å². The Bertz CT molecular complexity index is 702. The van der Waals surface area contributed by atoms with Crippen molar-refractivity contribution < 1.29 is 19.0 Å². The molecule has 1 aromatic carbocycles. The number of methoxy groups -OCH3 is 1. The summed E-state index contributed by atoms with van der Waals surface area (Å²) >= 11 is 0. The molecule has 0 bridgehead atoms. The summed E-state index contributed by atoms with van der Waals surface area (Å²) in [7, 11) is 1.64. The Labute approximate surface area is 161 Å². The number of hydrogen-bond acceptors (Lipinski definition) is 4. The lowest BCUT2D eigenvalue weighted by Crippen LogP contribution is -2.51. The molecule has 4 rings (SSSR count). The van der Waals surface area contributed by atoms with Crippen molar-refractivity contribution >= 4 is 6.03 Å². The largest absolute Gasteiger partial charge is 0.497 e. The van der Waals surface area contributed by atoms with Gasteiger partial charge in [-0.3, -0.25) is 0 Å². The van der Waals surface area contributed by atoms with Crippen LogP contribution >= 0.6 is 0 Å². The van der Waals surface area contributed by atoms with Gasteiger partial charge < -0.3 is 24.4 Å². The Kier molecular flexibility index (Phi) is 4.70. The molecule has 0 aromatic heterocycles. The van der Waals surface area contributed by atoms with E-state index in [9.17, 15) is 4.79 Å². The topological polar surface area (TPSA) is 60.0 Å². The molecule has 148 valence electrons. The van der Waals surface area contributed by atoms with Gasteiger partial charge in [-0.15, -0.1) is 0 Å². The highest BCUT2D eigenvalue weighted by atomic mass is 16.5. The van der Waals surface area contributed by atoms with Crippen molar-refractivity contribution in [1.82, 2.24) is 10.2 Å². The second-order valence-corrected chi connectivity index (χ2v) is 8.59. The van der Waals surface area contributed by atoms with Gasteiger partial charge >= 0.3 is 6.03 Å². The number of amides is 2. The first-order chi connectivity index (χ1) is 12.9. The first-order valence-corrected chi connectivity index (χ1v) is 9.96. The zero-order chi connectivity index (χ0) is 19.1. The Morgan fingerprint density at radius 2 is 2.04 bits per heavy atom. The SMILES string of the molecule is COc1ccc2c(c1)OC(C)(C)C[C@H]2NC(=O)N1CCC2(CCCO2)CC1. The zero-order valence-corrected chi connectivity index (χ0v) is 16.5. The van der Waals surface area contributed by atoms with E-state index in [0.29, 0.717) is 0 Å². The Morgan fingerprint density at radius 3 is 2.70 bits per heavy atom. The minimum Gasteiger partial charge on any atom is -0.497 e. The number of hydrogen-bond donors (Lipinski definition) is 1. The molecular weight excluding hydrogens is 344 g/mol. The van der Waals surface area contributed by atoms with Crippen LogP contribution in [0.25, 0.3) is 0 Å². The number of fused-ring (bicyclic) bond motifs is 1. The molecule has 6 heteroatoms. The molecule has 1 atom stereocenters. The molecule has 1 aromatic rings. The van der Waals surface area contributed by atoms with Crippen LogP contribution in [0, 0.1) is 0 Å². The van der Waals surface area contributed by atoms with Gasteiger partial charge in [0, 0.05) is 37.7 Å². The fraction of sp³-hybridized carbons (Fsp3) is 0.667. The molecule has 1 spiro atoms. The number of ether oxygens (including phenoxy) is 3. The molecule has 6 nitrogen and oxygen atoms in total. The summed E-state index contributed by atoms with van der Waals surface area (Å²) in [6.45, 7) is 6.48. The molecule has 2 fully saturated rings. The van der Waals surface area contributed by atoms with Crippen LogP contribution in [0.3, 0.4) is 0 Å². The van der Waals surface area contributed by atoms with Crippen LogP contribution in [-0.4, -0.2) is 48.9 Å². The molecule has 1 N–H and O–H groups in total. The van der Waals surface area contributed by atoms with Crippen LogP contribution in [0.1, 0.15) is 57.6 Å². The number of nitrogens with zero attached hydrogens (tertiary/aromatic N) is 1. The van der Waals surface area contributed by atoms with E-state index in [-0.39, 0.29) is 23.3 Å². The Hall–Kier alpha value is -1.95. The molecule has 3 aliphatic heterocycles. The lowest BCUT2D eigenvalue weighted by Gasteiger charge is -2.41. The van der Waals surface area contributed by atoms with Crippen LogP contribution in [-0.2, 0) is 4.74 Å². The van der Waals surface area contributed by atoms with Crippen LogP contribution in [0.2, 0.25) is 0 Å². The number of nitrogens with one attached hydrogen (secondary N) is 1. The lowest BCUT2D eigenvalue weighted by molar-refractivity contribution is -0.0364. The van der Waals surface area contributed by atoms with E-state index >= 15 is 0 Å². The van der Waals surface area contributed by atoms with Gasteiger partial charge in [0.2, 0.25) is 0 Å². The van der Waals surface area contributed by atoms with Gasteiger partial charge in [0.05, 0.1) is 18.8 Å². The monoisotopic (exact) mass is 374 g/mol. The highest BCUT2D eigenvalue weighted by Crippen LogP contribution is 2.41. The first-order valence-electron chi connectivity index (χ1n) is 9.96. The van der Waals surface area contributed by atoms with Gasteiger partial charge in [-0.2, -0.15) is 0 Å². The predicted molar refractivity (Wildman–Crippen MR) is 102 cm³/mol. The average molecular weight is 374 g/mol. The van der Waals surface area contributed by atoms with Crippen molar-refractivity contribution in [2.75, 3.05) is 26.8 Å². The van der Waals surface area contributed by atoms with Gasteiger partial charge in [0.25, 0.3) is 0 Å². The van der Waals surface area contributed by atoms with Crippen LogP contribution in [0.4, 0.5) is 4.79 Å². The predicted octanol–water partition coefficient (Wildman–Crippen LogP) is 3.65. The number of benzene rings is 1. The summed E-state index contributed by atoms with van der Waals surface area (Å²) < 4.78 is 17.4. The van der Waals surface area contributed by atoms with Crippen molar-refractivity contribution in [1.29, 1.82) is 0 Å². The number of carbonyl (C=O) groups excluding carboxylic acids is 1. The van der Waals surface area contributed by atoms with Crippen LogP contribution < -0.4 is 14.8 Å². The first kappa shape index (κ1) is 18.4. The fourth-order valence-corrected chi connectivity index (χ4v) is 4.59. The van der Waals surface area contributed by atoms with Gasteiger partial charge in [-0.05, 0) is 51.7 Å². The summed E-state index contributed by atoms with van der Waals surface area (Å²) in [6, 6.07) is 5.75. The molecule has 0 unspecified atom stereocenters. The molecule has 0 radical (unpaired) electrons. The van der Waals surface area contributed by atoms with E-state index in [0.717, 1.165) is 68.9 Å². The van der Waals surface area contributed by atoms with Crippen molar-refractivity contribution in [2.24, 2.45) is 0 Å². The summed E-state index contributed by atoms with van der Waals surface area (Å²) in [4.78, 5) is 14.9. The third-order valence-electron chi connectivity index (χ3n) is 6.12. The van der Waals surface area contributed by atoms with Crippen LogP contribution in [0.5, 0.6) is 11.5 Å².